The van der Waals surface area contributed by atoms with Gasteiger partial charge in [0.25, 0.3) is 0 Å². The Morgan fingerprint density at radius 1 is 0.500 bits per heavy atom. The monoisotopic (exact) mass is 365 g/mol. The molecule has 0 amide bonds. The van der Waals surface area contributed by atoms with Crippen LogP contribution >= 0.6 is 35.3 Å². The highest BCUT2D eigenvalue weighted by Crippen LogP contribution is 2.66. The van der Waals surface area contributed by atoms with E-state index in [1.54, 1.807) is 0 Å². The maximum atomic E-state index is 2.50. The standard InChI is InChI=1S/C18H9NS3.C2H6/c1-4-10-16-11(5-1)21-13-7-3-9-15-18(13)19(16)17-12(20-10)6-2-8-14(17)22-15;1-2/h1-9H;1-2H3. The van der Waals surface area contributed by atoms with Crippen LogP contribution in [0.1, 0.15) is 13.8 Å². The van der Waals surface area contributed by atoms with Gasteiger partial charge < -0.3 is 4.90 Å². The summed E-state index contributed by atoms with van der Waals surface area (Å²) in [6, 6.07) is 20.0. The molecule has 0 spiro atoms. The predicted octanol–water partition coefficient (Wildman–Crippen LogP) is 7.58. The highest BCUT2D eigenvalue weighted by atomic mass is 32.2. The Labute approximate surface area is 154 Å². The van der Waals surface area contributed by atoms with Gasteiger partial charge in [0.15, 0.2) is 0 Å². The van der Waals surface area contributed by atoms with E-state index in [2.05, 4.69) is 59.5 Å². The molecule has 0 saturated carbocycles. The second-order valence-electron chi connectivity index (χ2n) is 5.45. The lowest BCUT2D eigenvalue weighted by Crippen LogP contribution is -2.22. The molecule has 0 radical (unpaired) electrons. The van der Waals surface area contributed by atoms with Crippen molar-refractivity contribution in [3.8, 4) is 0 Å². The van der Waals surface area contributed by atoms with Crippen LogP contribution in [-0.2, 0) is 0 Å². The van der Waals surface area contributed by atoms with Crippen molar-refractivity contribution >= 4 is 52.3 Å². The molecule has 3 heterocycles. The van der Waals surface area contributed by atoms with E-state index in [1.807, 2.05) is 49.1 Å². The summed E-state index contributed by atoms with van der Waals surface area (Å²) in [6.45, 7) is 4.00. The summed E-state index contributed by atoms with van der Waals surface area (Å²) < 4.78 is 0. The fraction of sp³-hybridized carbons (Fsp3) is 0.100. The van der Waals surface area contributed by atoms with Crippen molar-refractivity contribution in [1.29, 1.82) is 0 Å². The first kappa shape index (κ1) is 14.8. The van der Waals surface area contributed by atoms with E-state index in [4.69, 9.17) is 0 Å². The van der Waals surface area contributed by atoms with Gasteiger partial charge in [-0.05, 0) is 36.4 Å². The zero-order valence-corrected chi connectivity index (χ0v) is 15.8. The van der Waals surface area contributed by atoms with Crippen LogP contribution in [0, 0.1) is 0 Å². The number of nitrogens with zero attached hydrogens (tertiary/aromatic N) is 1. The van der Waals surface area contributed by atoms with E-state index < -0.39 is 0 Å². The van der Waals surface area contributed by atoms with Crippen LogP contribution in [0.3, 0.4) is 0 Å². The number of rotatable bonds is 0. The summed E-state index contributed by atoms with van der Waals surface area (Å²) in [6.07, 6.45) is 0. The molecular weight excluding hydrogens is 350 g/mol. The summed E-state index contributed by atoms with van der Waals surface area (Å²) in [4.78, 5) is 10.7. The van der Waals surface area contributed by atoms with E-state index in [0.717, 1.165) is 0 Å². The van der Waals surface area contributed by atoms with Gasteiger partial charge in [0.05, 0.1) is 17.1 Å². The summed E-state index contributed by atoms with van der Waals surface area (Å²) in [5, 5.41) is 0. The van der Waals surface area contributed by atoms with Crippen molar-refractivity contribution in [2.45, 2.75) is 43.2 Å². The van der Waals surface area contributed by atoms with Gasteiger partial charge in [-0.15, -0.1) is 0 Å². The molecule has 3 aromatic carbocycles. The SMILES string of the molecule is CC.c1cc2c3c(c1)Sc1cccc4c1N3c1c(cccc1S4)S2. The molecule has 0 aliphatic carbocycles. The van der Waals surface area contributed by atoms with E-state index in [9.17, 15) is 0 Å². The normalized spacial score (nSPS) is 14.5. The van der Waals surface area contributed by atoms with Crippen molar-refractivity contribution in [2.24, 2.45) is 0 Å². The minimum atomic E-state index is 1.36. The quantitative estimate of drug-likeness (QED) is 0.273. The molecule has 0 fully saturated rings. The average molecular weight is 366 g/mol. The number of anilines is 3. The highest BCUT2D eigenvalue weighted by molar-refractivity contribution is 8.01. The van der Waals surface area contributed by atoms with Crippen LogP contribution in [0.5, 0.6) is 0 Å². The van der Waals surface area contributed by atoms with Crippen molar-refractivity contribution < 1.29 is 0 Å². The third-order valence-corrected chi connectivity index (χ3v) is 7.51. The molecule has 0 unspecified atom stereocenters. The second-order valence-corrected chi connectivity index (χ2v) is 8.70. The smallest absolute Gasteiger partial charge is 0.0742 e. The lowest BCUT2D eigenvalue weighted by molar-refractivity contribution is 1.02. The lowest BCUT2D eigenvalue weighted by atomic mass is 10.1. The average Bonchev–Trinajstić information content (AvgIpc) is 2.64. The van der Waals surface area contributed by atoms with E-state index in [1.165, 1.54) is 46.4 Å². The first-order chi connectivity index (χ1) is 11.9. The summed E-state index contributed by atoms with van der Waals surface area (Å²) in [5.41, 5.74) is 4.12. The van der Waals surface area contributed by atoms with Crippen molar-refractivity contribution in [3.05, 3.63) is 54.6 Å². The Bertz CT molecular complexity index is 793. The van der Waals surface area contributed by atoms with E-state index in [0.29, 0.717) is 0 Å². The third-order valence-electron chi connectivity index (χ3n) is 4.22. The Hall–Kier alpha value is -1.49. The zero-order chi connectivity index (χ0) is 16.3. The van der Waals surface area contributed by atoms with Crippen molar-refractivity contribution in [1.82, 2.24) is 0 Å². The van der Waals surface area contributed by atoms with E-state index in [-0.39, 0.29) is 0 Å². The minimum absolute atomic E-state index is 1.36. The number of benzene rings is 3. The van der Waals surface area contributed by atoms with Gasteiger partial charge in [-0.2, -0.15) is 0 Å². The van der Waals surface area contributed by atoms with Crippen molar-refractivity contribution in [2.75, 3.05) is 4.90 Å². The molecule has 3 aromatic rings. The topological polar surface area (TPSA) is 3.24 Å². The van der Waals surface area contributed by atoms with Gasteiger partial charge in [-0.25, -0.2) is 0 Å². The largest absolute Gasteiger partial charge is 0.304 e. The summed E-state index contributed by atoms with van der Waals surface area (Å²) >= 11 is 5.70. The van der Waals surface area contributed by atoms with Crippen LogP contribution in [0.25, 0.3) is 0 Å². The van der Waals surface area contributed by atoms with Crippen LogP contribution in [-0.4, -0.2) is 0 Å². The van der Waals surface area contributed by atoms with Crippen LogP contribution < -0.4 is 4.90 Å². The molecule has 0 N–H and O–H groups in total. The van der Waals surface area contributed by atoms with Gasteiger partial charge in [-0.3, -0.25) is 0 Å². The van der Waals surface area contributed by atoms with Gasteiger partial charge in [0, 0.05) is 29.4 Å². The predicted molar refractivity (Wildman–Crippen MR) is 105 cm³/mol. The molecule has 0 aromatic heterocycles. The summed E-state index contributed by atoms with van der Waals surface area (Å²) in [5.74, 6) is 0. The molecule has 0 atom stereocenters. The van der Waals surface area contributed by atoms with Gasteiger partial charge >= 0.3 is 0 Å². The van der Waals surface area contributed by atoms with Crippen LogP contribution in [0.2, 0.25) is 0 Å². The van der Waals surface area contributed by atoms with Crippen LogP contribution in [0.15, 0.2) is 84.0 Å². The van der Waals surface area contributed by atoms with Crippen LogP contribution in [0.4, 0.5) is 17.1 Å². The molecule has 0 saturated heterocycles. The molecule has 6 rings (SSSR count). The number of para-hydroxylation sites is 3. The Kier molecular flexibility index (Phi) is 3.40. The fourth-order valence-electron chi connectivity index (χ4n) is 3.35. The maximum Gasteiger partial charge on any atom is 0.0742 e. The fourth-order valence-corrected chi connectivity index (χ4v) is 6.92. The molecular formula is C20H15NS3. The molecule has 0 bridgehead atoms. The molecule has 1 nitrogen and oxygen atoms in total. The van der Waals surface area contributed by atoms with Crippen molar-refractivity contribution in [3.63, 3.8) is 0 Å². The highest BCUT2D eigenvalue weighted by Gasteiger charge is 2.38. The number of hydrogen-bond donors (Lipinski definition) is 0. The first-order valence-electron chi connectivity index (χ1n) is 8.13. The Morgan fingerprint density at radius 3 is 1.00 bits per heavy atom. The molecule has 118 valence electrons. The Morgan fingerprint density at radius 2 is 0.750 bits per heavy atom. The zero-order valence-electron chi connectivity index (χ0n) is 13.4. The first-order valence-corrected chi connectivity index (χ1v) is 10.6. The Balaban J connectivity index is 0.000000632. The molecule has 3 aliphatic rings. The lowest BCUT2D eigenvalue weighted by Gasteiger charge is -2.42. The minimum Gasteiger partial charge on any atom is -0.304 e. The summed E-state index contributed by atoms with van der Waals surface area (Å²) in [7, 11) is 0. The maximum absolute atomic E-state index is 2.50. The van der Waals surface area contributed by atoms with Gasteiger partial charge in [0.1, 0.15) is 0 Å². The third kappa shape index (κ3) is 1.88. The van der Waals surface area contributed by atoms with E-state index >= 15 is 0 Å². The van der Waals surface area contributed by atoms with Gasteiger partial charge in [-0.1, -0.05) is 67.3 Å². The molecule has 3 aliphatic heterocycles. The number of hydrogen-bond acceptors (Lipinski definition) is 4. The second kappa shape index (κ2) is 5.51. The van der Waals surface area contributed by atoms with Gasteiger partial charge in [0.2, 0.25) is 0 Å². The molecule has 4 heteroatoms. The molecule has 24 heavy (non-hydrogen) atoms.